The number of likely N-dealkylation sites (tertiary alicyclic amines) is 1. The lowest BCUT2D eigenvalue weighted by Crippen LogP contribution is -2.62. The van der Waals surface area contributed by atoms with Gasteiger partial charge in [-0.05, 0) is 60.8 Å². The zero-order valence-corrected chi connectivity index (χ0v) is 43.4. The van der Waals surface area contributed by atoms with Gasteiger partial charge in [-0.3, -0.25) is 43.3 Å². The van der Waals surface area contributed by atoms with Gasteiger partial charge < -0.3 is 73.9 Å². The second kappa shape index (κ2) is 29.1. The van der Waals surface area contributed by atoms with Crippen LogP contribution in [0.15, 0.2) is 72.1 Å². The van der Waals surface area contributed by atoms with Crippen LogP contribution in [-0.2, 0) is 69.5 Å². The monoisotopic (exact) mass is 1060 g/mol. The summed E-state index contributed by atoms with van der Waals surface area (Å²) in [4.78, 5) is 132. The predicted octanol–water partition coefficient (Wildman–Crippen LogP) is -1.30. The van der Waals surface area contributed by atoms with Crippen LogP contribution in [0.25, 0.3) is 0 Å². The predicted molar refractivity (Wildman–Crippen MR) is 277 cm³/mol. The van der Waals surface area contributed by atoms with Crippen molar-refractivity contribution in [2.24, 2.45) is 41.1 Å². The third-order valence-corrected chi connectivity index (χ3v) is 13.0. The molecule has 0 radical (unpaired) electrons. The second-order valence-electron chi connectivity index (χ2n) is 19.3. The van der Waals surface area contributed by atoms with Crippen LogP contribution in [-0.4, -0.2) is 150 Å². The first-order valence-corrected chi connectivity index (χ1v) is 25.1. The van der Waals surface area contributed by atoms with E-state index in [0.29, 0.717) is 29.7 Å². The summed E-state index contributed by atoms with van der Waals surface area (Å²) >= 11 is 0. The summed E-state index contributed by atoms with van der Waals surface area (Å²) in [5.74, 6) is -9.61. The Kier molecular flexibility index (Phi) is 23.2. The number of hydrogen-bond acceptors (Lipinski definition) is 13. The fourth-order valence-electron chi connectivity index (χ4n) is 8.49. The SMILES string of the molecule is CC[C@H](C)[C@H](NC(=O)[C@H](Cc1ccc(O)cc1)NC(=O)[C@@H](NC(=O)[C@H](CCCN=C(N)N)NC(=O)[C@@H](N)CC(=O)O)C(C)C)C(=O)N[C@@H](Cc1cncn1C)C(=O)N1CCC[C@H]1C(=O)N[C@@H](Cc1ccccc1)C(=O)O. The molecule has 25 nitrogen and oxygen atoms in total. The van der Waals surface area contributed by atoms with Crippen LogP contribution in [0.2, 0.25) is 0 Å². The summed E-state index contributed by atoms with van der Waals surface area (Å²) in [5.41, 5.74) is 18.3. The van der Waals surface area contributed by atoms with Gasteiger partial charge in [-0.2, -0.15) is 0 Å². The van der Waals surface area contributed by atoms with Crippen LogP contribution in [0, 0.1) is 11.8 Å². The van der Waals surface area contributed by atoms with Gasteiger partial charge in [0.25, 0.3) is 0 Å². The zero-order valence-electron chi connectivity index (χ0n) is 43.4. The number of aromatic hydroxyl groups is 1. The summed E-state index contributed by atoms with van der Waals surface area (Å²) in [6, 6.07) is 3.98. The Labute approximate surface area is 440 Å². The van der Waals surface area contributed by atoms with E-state index in [9.17, 15) is 58.5 Å². The average molecular weight is 1060 g/mol. The number of phenolic OH excluding ortho intramolecular Hbond substituents is 1. The minimum Gasteiger partial charge on any atom is -0.508 e. The Balaban J connectivity index is 1.61. The average Bonchev–Trinajstić information content (AvgIpc) is 4.04. The third-order valence-electron chi connectivity index (χ3n) is 13.0. The molecule has 1 saturated heterocycles. The summed E-state index contributed by atoms with van der Waals surface area (Å²) in [7, 11) is 1.70. The molecule has 0 spiro atoms. The number of carboxylic acids is 2. The molecule has 3 aromatic rings. The molecule has 1 aromatic heterocycles. The van der Waals surface area contributed by atoms with Gasteiger partial charge in [-0.25, -0.2) is 9.78 Å². The van der Waals surface area contributed by atoms with Crippen molar-refractivity contribution < 1.29 is 58.5 Å². The summed E-state index contributed by atoms with van der Waals surface area (Å²) in [6.45, 7) is 6.92. The highest BCUT2D eigenvalue weighted by molar-refractivity contribution is 5.98. The fourth-order valence-corrected chi connectivity index (χ4v) is 8.49. The number of aliphatic carboxylic acids is 2. The minimum absolute atomic E-state index is 0.00145. The number of phenols is 1. The van der Waals surface area contributed by atoms with Gasteiger partial charge in [0.2, 0.25) is 41.4 Å². The van der Waals surface area contributed by atoms with Gasteiger partial charge in [0.1, 0.15) is 48.0 Å². The van der Waals surface area contributed by atoms with Crippen LogP contribution in [0.5, 0.6) is 5.75 Å². The fraction of sp³-hybridized carbons (Fsp3) is 0.510. The Morgan fingerprint density at radius 1 is 0.737 bits per heavy atom. The van der Waals surface area contributed by atoms with Crippen molar-refractivity contribution >= 4 is 59.2 Å². The van der Waals surface area contributed by atoms with Gasteiger partial charge in [0.05, 0.1) is 18.8 Å². The molecule has 9 atom stereocenters. The van der Waals surface area contributed by atoms with Crippen LogP contribution >= 0.6 is 0 Å². The Morgan fingerprint density at radius 2 is 1.33 bits per heavy atom. The van der Waals surface area contributed by atoms with E-state index in [1.807, 2.05) is 0 Å². The smallest absolute Gasteiger partial charge is 0.326 e. The highest BCUT2D eigenvalue weighted by Crippen LogP contribution is 2.22. The molecule has 15 N–H and O–H groups in total. The Morgan fingerprint density at radius 3 is 1.92 bits per heavy atom. The molecule has 0 aliphatic carbocycles. The van der Waals surface area contributed by atoms with E-state index in [-0.39, 0.29) is 63.3 Å². The maximum Gasteiger partial charge on any atom is 0.326 e. The standard InChI is InChI=1S/C51H73N13O12/c1-6-29(4)42(48(73)59-37(24-32-26-55-27-63(32)5)49(74)64-21-11-15-39(64)46(71)60-38(50(75)76)23-30-12-8-7-9-13-30)62-45(70)36(22-31-16-18-33(65)19-17-31)58-47(72)41(28(2)3)61-44(69)35(14-10-20-56-51(53)54)57-43(68)34(52)25-40(66)67/h7-9,12-13,16-19,26-29,34-39,41-42,65H,6,10-11,14-15,20-25,52H2,1-5H3,(H,57,68)(H,58,72)(H,59,73)(H,60,71)(H,61,69)(H,62,70)(H,66,67)(H,75,76)(H4,53,54,56)/t29-,34-,35-,36-,37-,38-,39-,41-,42-/m0/s1. The Bertz CT molecular complexity index is 2520. The summed E-state index contributed by atoms with van der Waals surface area (Å²) in [6.07, 6.45) is 3.13. The first-order chi connectivity index (χ1) is 36.0. The number of carbonyl (C=O) groups excluding carboxylic acids is 7. The lowest BCUT2D eigenvalue weighted by Gasteiger charge is -2.32. The molecule has 1 aliphatic heterocycles. The van der Waals surface area contributed by atoms with E-state index < -0.39 is 120 Å². The van der Waals surface area contributed by atoms with Crippen molar-refractivity contribution in [1.29, 1.82) is 0 Å². The molecular formula is C51H73N13O12. The van der Waals surface area contributed by atoms with Gasteiger partial charge >= 0.3 is 11.9 Å². The summed E-state index contributed by atoms with van der Waals surface area (Å²) in [5, 5.41) is 45.2. The molecular weight excluding hydrogens is 987 g/mol. The quantitative estimate of drug-likeness (QED) is 0.0218. The molecule has 7 amide bonds. The number of guanidine groups is 1. The highest BCUT2D eigenvalue weighted by atomic mass is 16.4. The van der Waals surface area contributed by atoms with E-state index in [1.165, 1.54) is 41.7 Å². The molecule has 0 unspecified atom stereocenters. The molecule has 0 bridgehead atoms. The lowest BCUT2D eigenvalue weighted by atomic mass is 9.96. The van der Waals surface area contributed by atoms with Gasteiger partial charge in [-0.15, -0.1) is 0 Å². The van der Waals surface area contributed by atoms with Crippen LogP contribution in [0.4, 0.5) is 0 Å². The number of imidazole rings is 1. The number of carbonyl (C=O) groups is 9. The van der Waals surface area contributed by atoms with Crippen molar-refractivity contribution in [3.63, 3.8) is 0 Å². The molecule has 4 rings (SSSR count). The number of carboxylic acid groups (broad SMARTS) is 2. The number of hydrogen-bond donors (Lipinski definition) is 12. The maximum atomic E-state index is 14.7. The molecule has 0 saturated carbocycles. The molecule has 25 heteroatoms. The molecule has 2 heterocycles. The number of amides is 7. The molecule has 2 aromatic carbocycles. The first-order valence-electron chi connectivity index (χ1n) is 25.1. The second-order valence-corrected chi connectivity index (χ2v) is 19.3. The zero-order chi connectivity index (χ0) is 56.2. The number of rotatable bonds is 29. The number of nitrogens with two attached hydrogens (primary N) is 3. The number of benzene rings is 2. The lowest BCUT2D eigenvalue weighted by molar-refractivity contribution is -0.145. The number of aliphatic imine (C=N–C) groups is 1. The van der Waals surface area contributed by atoms with E-state index in [4.69, 9.17) is 17.2 Å². The Hall–Kier alpha value is -8.09. The molecule has 1 fully saturated rings. The highest BCUT2D eigenvalue weighted by Gasteiger charge is 2.41. The van der Waals surface area contributed by atoms with Crippen LogP contribution < -0.4 is 49.1 Å². The van der Waals surface area contributed by atoms with Crippen molar-refractivity contribution in [1.82, 2.24) is 46.4 Å². The number of aryl methyl sites for hydroxylation is 1. The van der Waals surface area contributed by atoms with Crippen molar-refractivity contribution in [3.8, 4) is 5.75 Å². The van der Waals surface area contributed by atoms with Crippen molar-refractivity contribution in [2.75, 3.05) is 13.1 Å². The van der Waals surface area contributed by atoms with Crippen LogP contribution in [0.1, 0.15) is 83.0 Å². The normalized spacial score (nSPS) is 16.3. The van der Waals surface area contributed by atoms with E-state index >= 15 is 0 Å². The maximum absolute atomic E-state index is 14.7. The topological polar surface area (TPSA) is 398 Å². The van der Waals surface area contributed by atoms with Crippen molar-refractivity contribution in [3.05, 3.63) is 83.9 Å². The van der Waals surface area contributed by atoms with E-state index in [1.54, 1.807) is 69.6 Å². The first kappa shape index (κ1) is 60.5. The van der Waals surface area contributed by atoms with Gasteiger partial charge in [-0.1, -0.05) is 76.6 Å². The van der Waals surface area contributed by atoms with Gasteiger partial charge in [0, 0.05) is 51.3 Å². The summed E-state index contributed by atoms with van der Waals surface area (Å²) < 4.78 is 1.65. The van der Waals surface area contributed by atoms with Crippen molar-refractivity contribution in [2.45, 2.75) is 134 Å². The van der Waals surface area contributed by atoms with E-state index in [0.717, 1.165) is 0 Å². The number of aromatic nitrogens is 2. The largest absolute Gasteiger partial charge is 0.508 e. The number of nitrogens with zero attached hydrogens (tertiary/aromatic N) is 4. The molecule has 414 valence electrons. The molecule has 1 aliphatic rings. The van der Waals surface area contributed by atoms with Crippen LogP contribution in [0.3, 0.4) is 0 Å². The van der Waals surface area contributed by atoms with E-state index in [2.05, 4.69) is 41.9 Å². The molecule has 76 heavy (non-hydrogen) atoms. The number of nitrogens with one attached hydrogen (secondary N) is 6. The third kappa shape index (κ3) is 18.4. The minimum atomic E-state index is -1.51. The van der Waals surface area contributed by atoms with Gasteiger partial charge in [0.15, 0.2) is 5.96 Å².